The van der Waals surface area contributed by atoms with E-state index in [0.29, 0.717) is 11.4 Å². The van der Waals surface area contributed by atoms with Gasteiger partial charge in [0.1, 0.15) is 5.82 Å². The number of sulfone groups is 1. The molecule has 0 atom stereocenters. The van der Waals surface area contributed by atoms with Crippen molar-refractivity contribution in [2.24, 2.45) is 0 Å². The van der Waals surface area contributed by atoms with Crippen LogP contribution in [0.15, 0.2) is 42.7 Å². The van der Waals surface area contributed by atoms with Gasteiger partial charge in [-0.3, -0.25) is 0 Å². The van der Waals surface area contributed by atoms with Crippen LogP contribution in [0, 0.1) is 5.82 Å². The van der Waals surface area contributed by atoms with Gasteiger partial charge in [-0.15, -0.1) is 0 Å². The van der Waals surface area contributed by atoms with Crippen LogP contribution in [0.5, 0.6) is 0 Å². The highest BCUT2D eigenvalue weighted by Crippen LogP contribution is 2.19. The number of halogens is 1. The normalized spacial score (nSPS) is 17.0. The van der Waals surface area contributed by atoms with Gasteiger partial charge < -0.3 is 14.8 Å². The van der Waals surface area contributed by atoms with Crippen molar-refractivity contribution in [3.63, 3.8) is 0 Å². The van der Waals surface area contributed by atoms with Crippen molar-refractivity contribution in [1.82, 2.24) is 9.47 Å². The predicted molar refractivity (Wildman–Crippen MR) is 85.0 cm³/mol. The molecule has 0 unspecified atom stereocenters. The number of carbonyl (C=O) groups excluding carboxylic acids is 1. The van der Waals surface area contributed by atoms with E-state index in [2.05, 4.69) is 5.32 Å². The van der Waals surface area contributed by atoms with Crippen LogP contribution in [0.3, 0.4) is 0 Å². The molecule has 23 heavy (non-hydrogen) atoms. The SMILES string of the molecule is O=C(Nc1ccc(F)c(-n2cccc2)c1)N1CCS(=O)(=O)CC1. The molecule has 0 radical (unpaired) electrons. The summed E-state index contributed by atoms with van der Waals surface area (Å²) in [7, 11) is -3.04. The molecule has 1 aliphatic heterocycles. The predicted octanol–water partition coefficient (Wildman–Crippen LogP) is 1.88. The Balaban J connectivity index is 1.73. The maximum absolute atomic E-state index is 13.9. The van der Waals surface area contributed by atoms with Gasteiger partial charge in [-0.25, -0.2) is 17.6 Å². The molecule has 122 valence electrons. The minimum Gasteiger partial charge on any atom is -0.322 e. The Bertz CT molecular complexity index is 804. The Labute approximate surface area is 133 Å². The van der Waals surface area contributed by atoms with Crippen LogP contribution in [0.25, 0.3) is 5.69 Å². The van der Waals surface area contributed by atoms with Gasteiger partial charge in [-0.1, -0.05) is 0 Å². The molecule has 1 fully saturated rings. The van der Waals surface area contributed by atoms with E-state index in [0.717, 1.165) is 0 Å². The second-order valence-electron chi connectivity index (χ2n) is 5.33. The third-order valence-corrected chi connectivity index (χ3v) is 5.32. The molecule has 1 aromatic heterocycles. The molecule has 0 spiro atoms. The van der Waals surface area contributed by atoms with Gasteiger partial charge in [0.2, 0.25) is 0 Å². The van der Waals surface area contributed by atoms with Crippen molar-refractivity contribution in [3.8, 4) is 5.69 Å². The quantitative estimate of drug-likeness (QED) is 0.909. The van der Waals surface area contributed by atoms with Gasteiger partial charge >= 0.3 is 6.03 Å². The van der Waals surface area contributed by atoms with Gasteiger partial charge in [-0.05, 0) is 30.3 Å². The summed E-state index contributed by atoms with van der Waals surface area (Å²) in [5.41, 5.74) is 0.780. The monoisotopic (exact) mass is 337 g/mol. The topological polar surface area (TPSA) is 71.4 Å². The van der Waals surface area contributed by atoms with E-state index in [-0.39, 0.29) is 30.6 Å². The van der Waals surface area contributed by atoms with Crippen molar-refractivity contribution in [2.75, 3.05) is 29.9 Å². The fraction of sp³-hybridized carbons (Fsp3) is 0.267. The number of nitrogens with zero attached hydrogens (tertiary/aromatic N) is 2. The van der Waals surface area contributed by atoms with E-state index in [9.17, 15) is 17.6 Å². The number of nitrogens with one attached hydrogen (secondary N) is 1. The third-order valence-electron chi connectivity index (χ3n) is 3.71. The van der Waals surface area contributed by atoms with Crippen LogP contribution in [-0.4, -0.2) is 48.5 Å². The minimum atomic E-state index is -3.04. The van der Waals surface area contributed by atoms with Crippen LogP contribution in [0.2, 0.25) is 0 Å². The highest BCUT2D eigenvalue weighted by atomic mass is 32.2. The molecule has 2 amide bonds. The summed E-state index contributed by atoms with van der Waals surface area (Å²) in [6.07, 6.45) is 3.42. The molecule has 6 nitrogen and oxygen atoms in total. The summed E-state index contributed by atoms with van der Waals surface area (Å²) in [6, 6.07) is 7.46. The Morgan fingerprint density at radius 2 is 1.78 bits per heavy atom. The zero-order valence-corrected chi connectivity index (χ0v) is 13.1. The molecule has 0 aliphatic carbocycles. The number of amides is 2. The zero-order chi connectivity index (χ0) is 16.4. The number of hydrogen-bond donors (Lipinski definition) is 1. The van der Waals surface area contributed by atoms with Crippen LogP contribution < -0.4 is 5.32 Å². The maximum Gasteiger partial charge on any atom is 0.321 e. The lowest BCUT2D eigenvalue weighted by atomic mass is 10.2. The van der Waals surface area contributed by atoms with Crippen LogP contribution in [0.4, 0.5) is 14.9 Å². The molecule has 0 saturated carbocycles. The van der Waals surface area contributed by atoms with Crippen LogP contribution in [0.1, 0.15) is 0 Å². The number of anilines is 1. The van der Waals surface area contributed by atoms with Crippen LogP contribution >= 0.6 is 0 Å². The van der Waals surface area contributed by atoms with Gasteiger partial charge in [0.25, 0.3) is 0 Å². The summed E-state index contributed by atoms with van der Waals surface area (Å²) < 4.78 is 38.3. The first-order valence-electron chi connectivity index (χ1n) is 7.14. The van der Waals surface area contributed by atoms with E-state index < -0.39 is 15.7 Å². The van der Waals surface area contributed by atoms with E-state index in [1.165, 1.54) is 23.1 Å². The molecule has 1 aromatic carbocycles. The van der Waals surface area contributed by atoms with Gasteiger partial charge in [0.15, 0.2) is 9.84 Å². The molecule has 8 heteroatoms. The largest absolute Gasteiger partial charge is 0.322 e. The minimum absolute atomic E-state index is 0.0293. The second-order valence-corrected chi connectivity index (χ2v) is 7.63. The Hall–Kier alpha value is -2.35. The highest BCUT2D eigenvalue weighted by Gasteiger charge is 2.25. The fourth-order valence-electron chi connectivity index (χ4n) is 2.40. The summed E-state index contributed by atoms with van der Waals surface area (Å²) in [4.78, 5) is 13.6. The molecular formula is C15H16FN3O3S. The van der Waals surface area contributed by atoms with Crippen LogP contribution in [-0.2, 0) is 9.84 Å². The Kier molecular flexibility index (Phi) is 4.08. The summed E-state index contributed by atoms with van der Waals surface area (Å²) in [5, 5.41) is 2.68. The van der Waals surface area contributed by atoms with Crippen molar-refractivity contribution in [2.45, 2.75) is 0 Å². The molecule has 3 rings (SSSR count). The first kappa shape index (κ1) is 15.5. The average Bonchev–Trinajstić information content (AvgIpc) is 3.03. The average molecular weight is 337 g/mol. The Morgan fingerprint density at radius 1 is 1.13 bits per heavy atom. The molecule has 1 N–H and O–H groups in total. The molecule has 1 saturated heterocycles. The first-order chi connectivity index (χ1) is 10.9. The van der Waals surface area contributed by atoms with Crippen molar-refractivity contribution < 1.29 is 17.6 Å². The van der Waals surface area contributed by atoms with Crippen molar-refractivity contribution in [3.05, 3.63) is 48.5 Å². The second kappa shape index (κ2) is 6.04. The summed E-state index contributed by atoms with van der Waals surface area (Å²) in [6.45, 7) is 0.333. The number of aromatic nitrogens is 1. The van der Waals surface area contributed by atoms with Crippen molar-refractivity contribution in [1.29, 1.82) is 0 Å². The Morgan fingerprint density at radius 3 is 2.43 bits per heavy atom. The number of carbonyl (C=O) groups is 1. The number of urea groups is 1. The molecule has 2 heterocycles. The standard InChI is InChI=1S/C15H16FN3O3S/c16-13-4-3-12(11-14(13)18-5-1-2-6-18)17-15(20)19-7-9-23(21,22)10-8-19/h1-6,11H,7-10H2,(H,17,20). The number of hydrogen-bond acceptors (Lipinski definition) is 3. The van der Waals surface area contributed by atoms with E-state index in [1.54, 1.807) is 29.1 Å². The lowest BCUT2D eigenvalue weighted by Crippen LogP contribution is -2.45. The first-order valence-corrected chi connectivity index (χ1v) is 8.96. The van der Waals surface area contributed by atoms with E-state index in [1.807, 2.05) is 0 Å². The lowest BCUT2D eigenvalue weighted by molar-refractivity contribution is 0.216. The molecule has 2 aromatic rings. The summed E-state index contributed by atoms with van der Waals surface area (Å²) >= 11 is 0. The number of rotatable bonds is 2. The third kappa shape index (κ3) is 3.53. The molecular weight excluding hydrogens is 321 g/mol. The van der Waals surface area contributed by atoms with E-state index in [4.69, 9.17) is 0 Å². The maximum atomic E-state index is 13.9. The van der Waals surface area contributed by atoms with E-state index >= 15 is 0 Å². The summed E-state index contributed by atoms with van der Waals surface area (Å²) in [5.74, 6) is -0.458. The van der Waals surface area contributed by atoms with Crippen molar-refractivity contribution >= 4 is 21.6 Å². The number of benzene rings is 1. The smallest absolute Gasteiger partial charge is 0.321 e. The molecule has 1 aliphatic rings. The highest BCUT2D eigenvalue weighted by molar-refractivity contribution is 7.91. The zero-order valence-electron chi connectivity index (χ0n) is 12.3. The fourth-order valence-corrected chi connectivity index (χ4v) is 3.60. The lowest BCUT2D eigenvalue weighted by Gasteiger charge is -2.26. The molecule has 0 bridgehead atoms. The van der Waals surface area contributed by atoms with Gasteiger partial charge in [0, 0.05) is 31.2 Å². The van der Waals surface area contributed by atoms with Gasteiger partial charge in [0.05, 0.1) is 17.2 Å². The van der Waals surface area contributed by atoms with Gasteiger partial charge in [-0.2, -0.15) is 0 Å².